The molecular weight excluding hydrogens is 192 g/mol. The molecule has 0 fully saturated rings. The average molecular weight is 210 g/mol. The molecule has 1 heterocycles. The van der Waals surface area contributed by atoms with Crippen LogP contribution in [0.4, 0.5) is 0 Å². The molecule has 1 amide bonds. The second-order valence-electron chi connectivity index (χ2n) is 3.55. The quantitative estimate of drug-likeness (QED) is 0.682. The molecule has 5 heteroatoms. The maximum Gasteiger partial charge on any atom is 0.269 e. The number of unbranched alkanes of at least 4 members (excludes halogenated alkanes) is 1. The van der Waals surface area contributed by atoms with Crippen molar-refractivity contribution < 1.29 is 4.79 Å². The Hall–Kier alpha value is -1.36. The van der Waals surface area contributed by atoms with Crippen molar-refractivity contribution in [3.63, 3.8) is 0 Å². The zero-order valence-corrected chi connectivity index (χ0v) is 9.29. The Morgan fingerprint density at radius 1 is 1.60 bits per heavy atom. The van der Waals surface area contributed by atoms with Gasteiger partial charge in [0.1, 0.15) is 5.69 Å². The summed E-state index contributed by atoms with van der Waals surface area (Å²) in [6.07, 6.45) is 1.85. The number of aromatic nitrogens is 2. The molecule has 0 radical (unpaired) electrons. The molecule has 0 saturated carbocycles. The number of nitrogens with zero attached hydrogens (tertiary/aromatic N) is 2. The first-order valence-corrected chi connectivity index (χ1v) is 5.14. The van der Waals surface area contributed by atoms with E-state index in [2.05, 4.69) is 10.4 Å². The first-order chi connectivity index (χ1) is 7.15. The number of hydrogen-bond donors (Lipinski definition) is 2. The molecule has 0 aliphatic carbocycles. The van der Waals surface area contributed by atoms with Crippen molar-refractivity contribution in [1.29, 1.82) is 0 Å². The maximum absolute atomic E-state index is 11.6. The van der Waals surface area contributed by atoms with Gasteiger partial charge in [0, 0.05) is 13.6 Å². The van der Waals surface area contributed by atoms with Crippen LogP contribution in [0.15, 0.2) is 6.07 Å². The number of rotatable bonds is 5. The van der Waals surface area contributed by atoms with E-state index in [-0.39, 0.29) is 5.91 Å². The summed E-state index contributed by atoms with van der Waals surface area (Å²) in [6.45, 7) is 3.20. The number of aryl methyl sites for hydroxylation is 2. The van der Waals surface area contributed by atoms with Gasteiger partial charge in [0.15, 0.2) is 0 Å². The van der Waals surface area contributed by atoms with Crippen molar-refractivity contribution in [2.24, 2.45) is 12.8 Å². The van der Waals surface area contributed by atoms with E-state index in [1.807, 2.05) is 6.92 Å². The van der Waals surface area contributed by atoms with Gasteiger partial charge in [-0.25, -0.2) is 0 Å². The standard InChI is InChI=1S/C10H18N4O/c1-8-7-9(14(2)13-8)10(15)12-6-4-3-5-11/h7H,3-6,11H2,1-2H3,(H,12,15). The second-order valence-corrected chi connectivity index (χ2v) is 3.55. The van der Waals surface area contributed by atoms with Gasteiger partial charge >= 0.3 is 0 Å². The minimum atomic E-state index is -0.0740. The number of hydrogen-bond acceptors (Lipinski definition) is 3. The number of nitrogens with two attached hydrogens (primary N) is 1. The average Bonchev–Trinajstić information content (AvgIpc) is 2.52. The van der Waals surface area contributed by atoms with Crippen molar-refractivity contribution >= 4 is 5.91 Å². The number of amides is 1. The Labute approximate surface area is 89.6 Å². The zero-order valence-electron chi connectivity index (χ0n) is 9.29. The van der Waals surface area contributed by atoms with Crippen LogP contribution in [0.5, 0.6) is 0 Å². The second kappa shape index (κ2) is 5.50. The summed E-state index contributed by atoms with van der Waals surface area (Å²) in [6, 6.07) is 1.78. The van der Waals surface area contributed by atoms with Crippen LogP contribution in [0.25, 0.3) is 0 Å². The molecule has 84 valence electrons. The van der Waals surface area contributed by atoms with Gasteiger partial charge in [-0.2, -0.15) is 5.10 Å². The van der Waals surface area contributed by atoms with E-state index in [1.54, 1.807) is 17.8 Å². The molecule has 1 aromatic heterocycles. The highest BCUT2D eigenvalue weighted by Crippen LogP contribution is 2.01. The van der Waals surface area contributed by atoms with Gasteiger partial charge < -0.3 is 11.1 Å². The number of carbonyl (C=O) groups is 1. The first kappa shape index (κ1) is 11.7. The van der Waals surface area contributed by atoms with Gasteiger partial charge in [0.05, 0.1) is 5.69 Å². The topological polar surface area (TPSA) is 72.9 Å². The molecule has 3 N–H and O–H groups in total. The third kappa shape index (κ3) is 3.36. The van der Waals surface area contributed by atoms with Gasteiger partial charge in [-0.1, -0.05) is 0 Å². The van der Waals surface area contributed by atoms with Crippen molar-refractivity contribution in [3.05, 3.63) is 17.5 Å². The minimum absolute atomic E-state index is 0.0740. The lowest BCUT2D eigenvalue weighted by molar-refractivity contribution is 0.0943. The monoisotopic (exact) mass is 210 g/mol. The fourth-order valence-corrected chi connectivity index (χ4v) is 1.38. The Balaban J connectivity index is 2.43. The Bertz CT molecular complexity index is 332. The van der Waals surface area contributed by atoms with Gasteiger partial charge in [-0.3, -0.25) is 9.48 Å². The van der Waals surface area contributed by atoms with Crippen molar-refractivity contribution in [3.8, 4) is 0 Å². The summed E-state index contributed by atoms with van der Waals surface area (Å²) in [5.74, 6) is -0.0740. The lowest BCUT2D eigenvalue weighted by Crippen LogP contribution is -2.26. The highest BCUT2D eigenvalue weighted by molar-refractivity contribution is 5.92. The van der Waals surface area contributed by atoms with Gasteiger partial charge in [0.2, 0.25) is 0 Å². The largest absolute Gasteiger partial charge is 0.351 e. The Morgan fingerprint density at radius 2 is 2.33 bits per heavy atom. The summed E-state index contributed by atoms with van der Waals surface area (Å²) >= 11 is 0. The van der Waals surface area contributed by atoms with E-state index in [0.29, 0.717) is 18.8 Å². The molecule has 15 heavy (non-hydrogen) atoms. The van der Waals surface area contributed by atoms with Crippen LogP contribution in [0.3, 0.4) is 0 Å². The molecule has 0 atom stereocenters. The van der Waals surface area contributed by atoms with E-state index < -0.39 is 0 Å². The van der Waals surface area contributed by atoms with Gasteiger partial charge in [-0.05, 0) is 32.4 Å². The summed E-state index contributed by atoms with van der Waals surface area (Å²) < 4.78 is 1.59. The van der Waals surface area contributed by atoms with E-state index in [1.165, 1.54) is 0 Å². The number of carbonyl (C=O) groups excluding carboxylic acids is 1. The summed E-state index contributed by atoms with van der Waals surface area (Å²) in [5, 5.41) is 6.94. The molecule has 1 rings (SSSR count). The molecule has 0 aliphatic heterocycles. The van der Waals surface area contributed by atoms with Crippen LogP contribution in [0.2, 0.25) is 0 Å². The van der Waals surface area contributed by atoms with Crippen molar-refractivity contribution in [2.45, 2.75) is 19.8 Å². The Morgan fingerprint density at radius 3 is 2.87 bits per heavy atom. The molecule has 0 bridgehead atoms. The third-order valence-electron chi connectivity index (χ3n) is 2.15. The van der Waals surface area contributed by atoms with Gasteiger partial charge in [0.25, 0.3) is 5.91 Å². The van der Waals surface area contributed by atoms with Gasteiger partial charge in [-0.15, -0.1) is 0 Å². The predicted molar refractivity (Wildman–Crippen MR) is 58.6 cm³/mol. The molecular formula is C10H18N4O. The minimum Gasteiger partial charge on any atom is -0.351 e. The normalized spacial score (nSPS) is 10.3. The Kier molecular flexibility index (Phi) is 4.30. The maximum atomic E-state index is 11.6. The smallest absolute Gasteiger partial charge is 0.269 e. The van der Waals surface area contributed by atoms with Crippen LogP contribution < -0.4 is 11.1 Å². The van der Waals surface area contributed by atoms with Crippen LogP contribution in [-0.4, -0.2) is 28.8 Å². The summed E-state index contributed by atoms with van der Waals surface area (Å²) in [5.41, 5.74) is 6.81. The van der Waals surface area contributed by atoms with E-state index in [9.17, 15) is 4.79 Å². The van der Waals surface area contributed by atoms with Crippen molar-refractivity contribution in [1.82, 2.24) is 15.1 Å². The van der Waals surface area contributed by atoms with E-state index >= 15 is 0 Å². The highest BCUT2D eigenvalue weighted by atomic mass is 16.2. The lowest BCUT2D eigenvalue weighted by atomic mass is 10.3. The SMILES string of the molecule is Cc1cc(C(=O)NCCCCN)n(C)n1. The molecule has 0 aliphatic rings. The summed E-state index contributed by atoms with van der Waals surface area (Å²) in [7, 11) is 1.77. The lowest BCUT2D eigenvalue weighted by Gasteiger charge is -2.04. The fourth-order valence-electron chi connectivity index (χ4n) is 1.38. The van der Waals surface area contributed by atoms with E-state index in [0.717, 1.165) is 18.5 Å². The third-order valence-corrected chi connectivity index (χ3v) is 2.15. The van der Waals surface area contributed by atoms with Crippen LogP contribution in [-0.2, 0) is 7.05 Å². The number of nitrogens with one attached hydrogen (secondary N) is 1. The molecule has 0 saturated heterocycles. The van der Waals surface area contributed by atoms with Crippen LogP contribution in [0, 0.1) is 6.92 Å². The van der Waals surface area contributed by atoms with E-state index in [4.69, 9.17) is 5.73 Å². The molecule has 1 aromatic rings. The van der Waals surface area contributed by atoms with Crippen LogP contribution >= 0.6 is 0 Å². The molecule has 0 spiro atoms. The fraction of sp³-hybridized carbons (Fsp3) is 0.600. The molecule has 0 aromatic carbocycles. The molecule has 0 unspecified atom stereocenters. The highest BCUT2D eigenvalue weighted by Gasteiger charge is 2.10. The molecule has 5 nitrogen and oxygen atoms in total. The first-order valence-electron chi connectivity index (χ1n) is 5.14. The van der Waals surface area contributed by atoms with Crippen molar-refractivity contribution in [2.75, 3.05) is 13.1 Å². The zero-order chi connectivity index (χ0) is 11.3. The predicted octanol–water partition coefficient (Wildman–Crippen LogP) is 0.197. The van der Waals surface area contributed by atoms with Crippen LogP contribution in [0.1, 0.15) is 29.0 Å². The summed E-state index contributed by atoms with van der Waals surface area (Å²) in [4.78, 5) is 11.6.